The van der Waals surface area contributed by atoms with Crippen molar-refractivity contribution in [1.29, 1.82) is 5.26 Å². The van der Waals surface area contributed by atoms with Gasteiger partial charge in [0.25, 0.3) is 5.91 Å². The Morgan fingerprint density at radius 1 is 0.966 bits per heavy atom. The number of carbonyl (C=O) groups excluding carboxylic acids is 1. The maximum atomic E-state index is 13.1. The topological polar surface area (TPSA) is 52.9 Å². The number of carbonyl (C=O) groups is 1. The van der Waals surface area contributed by atoms with E-state index in [1.807, 2.05) is 48.5 Å². The lowest BCUT2D eigenvalue weighted by Gasteiger charge is -2.56. The van der Waals surface area contributed by atoms with Gasteiger partial charge in [0.05, 0.1) is 11.1 Å². The van der Waals surface area contributed by atoms with Gasteiger partial charge in [-0.3, -0.25) is 4.79 Å². The number of hydrogen-bond donors (Lipinski definition) is 1. The lowest BCUT2D eigenvalue weighted by atomic mass is 9.49. The predicted octanol–water partition coefficient (Wildman–Crippen LogP) is 5.66. The van der Waals surface area contributed by atoms with Crippen LogP contribution in [0, 0.1) is 34.5 Å². The van der Waals surface area contributed by atoms with Crippen LogP contribution in [0.15, 0.2) is 58.3 Å². The highest BCUT2D eigenvalue weighted by Gasteiger charge is 2.50. The third-order valence-corrected chi connectivity index (χ3v) is 8.30. The first kappa shape index (κ1) is 18.8. The monoisotopic (exact) mass is 402 g/mol. The predicted molar refractivity (Wildman–Crippen MR) is 115 cm³/mol. The molecule has 0 spiro atoms. The van der Waals surface area contributed by atoms with E-state index >= 15 is 0 Å². The van der Waals surface area contributed by atoms with E-state index in [1.54, 1.807) is 0 Å². The standard InChI is InChI=1S/C25H26N2OS/c26-15-20-5-1-3-7-22(20)29-23-8-4-2-6-21(23)24(28)27-16-25-12-17-9-18(13-25)11-19(10-17)14-25/h1-8,17-19H,9-14,16H2,(H,27,28). The summed E-state index contributed by atoms with van der Waals surface area (Å²) in [6, 6.07) is 17.5. The molecular weight excluding hydrogens is 376 g/mol. The normalized spacial score (nSPS) is 29.4. The molecule has 2 aromatic carbocycles. The number of amides is 1. The van der Waals surface area contributed by atoms with Crippen LogP contribution in [0.25, 0.3) is 0 Å². The SMILES string of the molecule is N#Cc1ccccc1Sc1ccccc1C(=O)NCC12CC3CC(CC(C3)C1)C2. The fourth-order valence-electron chi connectivity index (χ4n) is 6.38. The molecule has 0 atom stereocenters. The highest BCUT2D eigenvalue weighted by molar-refractivity contribution is 7.99. The van der Waals surface area contributed by atoms with Crippen molar-refractivity contribution < 1.29 is 4.79 Å². The van der Waals surface area contributed by atoms with Gasteiger partial charge in [0, 0.05) is 16.3 Å². The van der Waals surface area contributed by atoms with Crippen molar-refractivity contribution in [2.45, 2.75) is 48.3 Å². The first-order valence-corrected chi connectivity index (χ1v) is 11.5. The Morgan fingerprint density at radius 2 is 1.55 bits per heavy atom. The summed E-state index contributed by atoms with van der Waals surface area (Å²) >= 11 is 1.50. The lowest BCUT2D eigenvalue weighted by Crippen LogP contribution is -2.51. The number of nitrogens with zero attached hydrogens (tertiary/aromatic N) is 1. The van der Waals surface area contributed by atoms with Crippen LogP contribution in [-0.4, -0.2) is 12.5 Å². The van der Waals surface area contributed by atoms with Gasteiger partial charge in [-0.1, -0.05) is 36.0 Å². The van der Waals surface area contributed by atoms with Crippen molar-refractivity contribution in [3.8, 4) is 6.07 Å². The second kappa shape index (κ2) is 7.54. The largest absolute Gasteiger partial charge is 0.351 e. The van der Waals surface area contributed by atoms with Crippen LogP contribution < -0.4 is 5.32 Å². The minimum absolute atomic E-state index is 0.0123. The molecule has 29 heavy (non-hydrogen) atoms. The Labute approximate surface area is 176 Å². The van der Waals surface area contributed by atoms with Crippen LogP contribution in [0.1, 0.15) is 54.4 Å². The molecule has 1 N–H and O–H groups in total. The molecule has 0 aliphatic heterocycles. The molecule has 3 nitrogen and oxygen atoms in total. The summed E-state index contributed by atoms with van der Waals surface area (Å²) < 4.78 is 0. The minimum atomic E-state index is 0.0123. The second-order valence-electron chi connectivity index (χ2n) is 9.31. The fourth-order valence-corrected chi connectivity index (χ4v) is 7.40. The molecule has 0 unspecified atom stereocenters. The molecule has 4 fully saturated rings. The molecule has 4 aliphatic rings. The Morgan fingerprint density at radius 3 is 2.21 bits per heavy atom. The summed E-state index contributed by atoms with van der Waals surface area (Å²) in [6.45, 7) is 0.809. The highest BCUT2D eigenvalue weighted by atomic mass is 32.2. The van der Waals surface area contributed by atoms with Crippen molar-refractivity contribution in [2.75, 3.05) is 6.54 Å². The molecule has 6 rings (SSSR count). The van der Waals surface area contributed by atoms with E-state index in [0.717, 1.165) is 34.1 Å². The third kappa shape index (κ3) is 3.69. The molecule has 4 saturated carbocycles. The average Bonchev–Trinajstić information content (AvgIpc) is 2.72. The maximum Gasteiger partial charge on any atom is 0.252 e. The van der Waals surface area contributed by atoms with Crippen LogP contribution >= 0.6 is 11.8 Å². The molecular formula is C25H26N2OS. The van der Waals surface area contributed by atoms with Crippen molar-refractivity contribution in [1.82, 2.24) is 5.32 Å². The summed E-state index contributed by atoms with van der Waals surface area (Å²) in [5.41, 5.74) is 1.68. The lowest BCUT2D eigenvalue weighted by molar-refractivity contribution is -0.0503. The van der Waals surface area contributed by atoms with Crippen molar-refractivity contribution in [3.05, 3.63) is 59.7 Å². The van der Waals surface area contributed by atoms with E-state index in [-0.39, 0.29) is 5.91 Å². The van der Waals surface area contributed by atoms with Gasteiger partial charge in [0.2, 0.25) is 0 Å². The van der Waals surface area contributed by atoms with Crippen LogP contribution in [0.5, 0.6) is 0 Å². The molecule has 2 aromatic rings. The Kier molecular flexibility index (Phi) is 4.87. The molecule has 1 amide bonds. The molecule has 0 radical (unpaired) electrons. The first-order chi connectivity index (χ1) is 14.1. The maximum absolute atomic E-state index is 13.1. The molecule has 4 heteroatoms. The van der Waals surface area contributed by atoms with Crippen molar-refractivity contribution >= 4 is 17.7 Å². The van der Waals surface area contributed by atoms with Gasteiger partial charge in [-0.25, -0.2) is 0 Å². The zero-order valence-corrected chi connectivity index (χ0v) is 17.4. The number of hydrogen-bond acceptors (Lipinski definition) is 3. The molecule has 0 aromatic heterocycles. The van der Waals surface area contributed by atoms with Crippen LogP contribution in [-0.2, 0) is 0 Å². The van der Waals surface area contributed by atoms with Crippen LogP contribution in [0.3, 0.4) is 0 Å². The summed E-state index contributed by atoms with van der Waals surface area (Å²) in [6.07, 6.45) is 8.16. The smallest absolute Gasteiger partial charge is 0.252 e. The molecule has 4 aliphatic carbocycles. The van der Waals surface area contributed by atoms with Crippen molar-refractivity contribution in [3.63, 3.8) is 0 Å². The van der Waals surface area contributed by atoms with Crippen molar-refractivity contribution in [2.24, 2.45) is 23.2 Å². The van der Waals surface area contributed by atoms with Crippen LogP contribution in [0.4, 0.5) is 0 Å². The van der Waals surface area contributed by atoms with E-state index in [2.05, 4.69) is 11.4 Å². The van der Waals surface area contributed by atoms with Gasteiger partial charge in [0.1, 0.15) is 6.07 Å². The summed E-state index contributed by atoms with van der Waals surface area (Å²) in [4.78, 5) is 14.9. The first-order valence-electron chi connectivity index (χ1n) is 10.7. The minimum Gasteiger partial charge on any atom is -0.351 e. The van der Waals surface area contributed by atoms with Crippen LogP contribution in [0.2, 0.25) is 0 Å². The number of nitriles is 1. The second-order valence-corrected chi connectivity index (χ2v) is 10.4. The third-order valence-electron chi connectivity index (χ3n) is 7.15. The molecule has 0 saturated heterocycles. The summed E-state index contributed by atoms with van der Waals surface area (Å²) in [5, 5.41) is 12.7. The number of nitrogens with one attached hydrogen (secondary N) is 1. The quantitative estimate of drug-likeness (QED) is 0.702. The average molecular weight is 403 g/mol. The Balaban J connectivity index is 1.31. The van der Waals surface area contributed by atoms with Gasteiger partial charge in [-0.15, -0.1) is 0 Å². The van der Waals surface area contributed by atoms with Gasteiger partial charge in [0.15, 0.2) is 0 Å². The number of rotatable bonds is 5. The Bertz CT molecular complexity index is 941. The van der Waals surface area contributed by atoms with Gasteiger partial charge in [-0.2, -0.15) is 5.26 Å². The zero-order chi connectivity index (χ0) is 19.8. The van der Waals surface area contributed by atoms with E-state index in [9.17, 15) is 10.1 Å². The highest BCUT2D eigenvalue weighted by Crippen LogP contribution is 2.59. The van der Waals surface area contributed by atoms with E-state index in [4.69, 9.17) is 0 Å². The van der Waals surface area contributed by atoms with Gasteiger partial charge >= 0.3 is 0 Å². The van der Waals surface area contributed by atoms with E-state index < -0.39 is 0 Å². The Hall–Kier alpha value is -2.25. The summed E-state index contributed by atoms with van der Waals surface area (Å²) in [5.74, 6) is 2.69. The molecule has 148 valence electrons. The summed E-state index contributed by atoms with van der Waals surface area (Å²) in [7, 11) is 0. The zero-order valence-electron chi connectivity index (χ0n) is 16.6. The fraction of sp³-hybridized carbons (Fsp3) is 0.440. The molecule has 4 bridgehead atoms. The number of benzene rings is 2. The van der Waals surface area contributed by atoms with E-state index in [0.29, 0.717) is 16.5 Å². The molecule has 0 heterocycles. The van der Waals surface area contributed by atoms with Gasteiger partial charge < -0.3 is 5.32 Å². The van der Waals surface area contributed by atoms with E-state index in [1.165, 1.54) is 50.3 Å². The van der Waals surface area contributed by atoms with Gasteiger partial charge in [-0.05, 0) is 86.0 Å².